The van der Waals surface area contributed by atoms with Crippen molar-refractivity contribution in [1.82, 2.24) is 0 Å². The number of aliphatic hydroxyl groups is 1. The van der Waals surface area contributed by atoms with Gasteiger partial charge < -0.3 is 14.6 Å². The van der Waals surface area contributed by atoms with Crippen LogP contribution in [0.1, 0.15) is 277 Å². The van der Waals surface area contributed by atoms with Crippen molar-refractivity contribution in [2.24, 2.45) is 0 Å². The van der Waals surface area contributed by atoms with E-state index in [4.69, 9.17) is 9.47 Å². The largest absolute Gasteiger partial charge is 0.462 e. The zero-order valence-electron chi connectivity index (χ0n) is 48.8. The quantitative estimate of drug-likeness (QED) is 0.0373. The van der Waals surface area contributed by atoms with Crippen LogP contribution >= 0.6 is 0 Å². The number of allylic oxidation sites excluding steroid dienone is 22. The van der Waals surface area contributed by atoms with Gasteiger partial charge in [0.05, 0.1) is 6.61 Å². The highest BCUT2D eigenvalue weighted by Gasteiger charge is 2.16. The summed E-state index contributed by atoms with van der Waals surface area (Å²) in [5.74, 6) is -0.601. The number of aliphatic hydroxyl groups excluding tert-OH is 1. The molecular weight excluding hydrogens is 921 g/mol. The summed E-state index contributed by atoms with van der Waals surface area (Å²) in [5, 5.41) is 9.67. The van der Waals surface area contributed by atoms with Crippen LogP contribution in [0.3, 0.4) is 0 Å². The lowest BCUT2D eigenvalue weighted by Gasteiger charge is -2.15. The maximum atomic E-state index is 12.3. The molecule has 0 amide bonds. The maximum Gasteiger partial charge on any atom is 0.306 e. The van der Waals surface area contributed by atoms with Crippen molar-refractivity contribution in [2.75, 3.05) is 13.2 Å². The molecule has 0 rings (SSSR count). The first-order chi connectivity index (χ1) is 37.1. The fraction of sp³-hybridized carbons (Fsp3) is 0.657. The van der Waals surface area contributed by atoms with Crippen molar-refractivity contribution in [2.45, 2.75) is 283 Å². The van der Waals surface area contributed by atoms with Crippen molar-refractivity contribution in [3.8, 4) is 0 Å². The predicted molar refractivity (Wildman–Crippen MR) is 329 cm³/mol. The van der Waals surface area contributed by atoms with E-state index in [-0.39, 0.29) is 25.2 Å². The van der Waals surface area contributed by atoms with Gasteiger partial charge in [-0.15, -0.1) is 0 Å². The minimum Gasteiger partial charge on any atom is -0.462 e. The number of hydrogen-bond donors (Lipinski definition) is 1. The van der Waals surface area contributed by atoms with Crippen molar-refractivity contribution in [3.63, 3.8) is 0 Å². The molecule has 1 N–H and O–H groups in total. The lowest BCUT2D eigenvalue weighted by atomic mass is 10.0. The van der Waals surface area contributed by atoms with Gasteiger partial charge in [-0.1, -0.05) is 302 Å². The van der Waals surface area contributed by atoms with Crippen molar-refractivity contribution >= 4 is 11.9 Å². The van der Waals surface area contributed by atoms with Crippen LogP contribution in [-0.2, 0) is 19.1 Å². The minimum absolute atomic E-state index is 0.0738. The van der Waals surface area contributed by atoms with Crippen LogP contribution in [0.5, 0.6) is 0 Å². The molecule has 0 heterocycles. The lowest BCUT2D eigenvalue weighted by Crippen LogP contribution is -2.28. The van der Waals surface area contributed by atoms with Crippen LogP contribution in [-0.4, -0.2) is 36.4 Å². The molecule has 5 nitrogen and oxygen atoms in total. The number of hydrogen-bond acceptors (Lipinski definition) is 5. The van der Waals surface area contributed by atoms with Crippen molar-refractivity contribution in [3.05, 3.63) is 134 Å². The summed E-state index contributed by atoms with van der Waals surface area (Å²) in [6.07, 6.45) is 95.8. The topological polar surface area (TPSA) is 72.8 Å². The molecule has 1 unspecified atom stereocenters. The number of rotatable bonds is 56. The maximum absolute atomic E-state index is 12.3. The van der Waals surface area contributed by atoms with Gasteiger partial charge in [-0.2, -0.15) is 0 Å². The lowest BCUT2D eigenvalue weighted by molar-refractivity contribution is -0.161. The summed E-state index contributed by atoms with van der Waals surface area (Å²) >= 11 is 0. The highest BCUT2D eigenvalue weighted by Crippen LogP contribution is 2.16. The Morgan fingerprint density at radius 1 is 0.320 bits per heavy atom. The summed E-state index contributed by atoms with van der Waals surface area (Å²) in [4.78, 5) is 24.6. The minimum atomic E-state index is -0.785. The van der Waals surface area contributed by atoms with E-state index in [9.17, 15) is 14.7 Å². The number of ether oxygens (including phenoxy) is 2. The van der Waals surface area contributed by atoms with Gasteiger partial charge in [0.25, 0.3) is 0 Å². The van der Waals surface area contributed by atoms with E-state index in [0.717, 1.165) is 116 Å². The molecule has 0 spiro atoms. The molecule has 0 aromatic rings. The molecule has 0 aliphatic rings. The average molecular weight is 1040 g/mol. The second kappa shape index (κ2) is 64.3. The van der Waals surface area contributed by atoms with Crippen molar-refractivity contribution in [1.29, 1.82) is 0 Å². The molecule has 0 aromatic heterocycles. The van der Waals surface area contributed by atoms with Crippen LogP contribution in [0.15, 0.2) is 134 Å². The molecule has 0 fully saturated rings. The van der Waals surface area contributed by atoms with Gasteiger partial charge >= 0.3 is 11.9 Å². The van der Waals surface area contributed by atoms with Crippen LogP contribution in [0, 0.1) is 0 Å². The average Bonchev–Trinajstić information content (AvgIpc) is 3.41. The summed E-state index contributed by atoms with van der Waals surface area (Å²) in [5.41, 5.74) is 0. The summed E-state index contributed by atoms with van der Waals surface area (Å²) in [6.45, 7) is 4.04. The second-order valence-corrected chi connectivity index (χ2v) is 20.4. The van der Waals surface area contributed by atoms with Crippen LogP contribution < -0.4 is 0 Å². The van der Waals surface area contributed by atoms with Crippen molar-refractivity contribution < 1.29 is 24.2 Å². The normalized spacial score (nSPS) is 13.2. The summed E-state index contributed by atoms with van der Waals surface area (Å²) in [7, 11) is 0. The third-order valence-corrected chi connectivity index (χ3v) is 13.2. The van der Waals surface area contributed by atoms with Crippen LogP contribution in [0.2, 0.25) is 0 Å². The van der Waals surface area contributed by atoms with E-state index >= 15 is 0 Å². The Hall–Kier alpha value is -3.96. The molecule has 426 valence electrons. The van der Waals surface area contributed by atoms with Gasteiger partial charge in [0, 0.05) is 12.8 Å². The molecule has 5 heteroatoms. The molecule has 0 radical (unpaired) electrons. The monoisotopic (exact) mass is 1040 g/mol. The van der Waals surface area contributed by atoms with E-state index in [1.165, 1.54) is 135 Å². The van der Waals surface area contributed by atoms with Gasteiger partial charge in [0.15, 0.2) is 6.10 Å². The number of carbonyl (C=O) groups is 2. The van der Waals surface area contributed by atoms with E-state index in [0.29, 0.717) is 12.8 Å². The highest BCUT2D eigenvalue weighted by atomic mass is 16.6. The molecule has 0 aliphatic heterocycles. The van der Waals surface area contributed by atoms with Gasteiger partial charge in [0.2, 0.25) is 0 Å². The summed E-state index contributed by atoms with van der Waals surface area (Å²) < 4.78 is 10.7. The van der Waals surface area contributed by atoms with Crippen LogP contribution in [0.4, 0.5) is 0 Å². The number of carbonyl (C=O) groups excluding carboxylic acids is 2. The van der Waals surface area contributed by atoms with E-state index in [1.807, 2.05) is 0 Å². The van der Waals surface area contributed by atoms with Gasteiger partial charge in [-0.05, 0) is 96.3 Å². The molecule has 1 atom stereocenters. The second-order valence-electron chi connectivity index (χ2n) is 20.4. The van der Waals surface area contributed by atoms with Gasteiger partial charge in [-0.3, -0.25) is 9.59 Å². The molecule has 0 aliphatic carbocycles. The fourth-order valence-electron chi connectivity index (χ4n) is 8.56. The number of esters is 2. The van der Waals surface area contributed by atoms with Gasteiger partial charge in [0.1, 0.15) is 6.61 Å². The first-order valence-electron chi connectivity index (χ1n) is 31.2. The highest BCUT2D eigenvalue weighted by molar-refractivity contribution is 5.70. The van der Waals surface area contributed by atoms with E-state index in [2.05, 4.69) is 148 Å². The third-order valence-electron chi connectivity index (χ3n) is 13.2. The molecule has 0 saturated carbocycles. The molecular formula is C70H116O5. The van der Waals surface area contributed by atoms with E-state index in [1.54, 1.807) is 0 Å². The smallest absolute Gasteiger partial charge is 0.306 e. The standard InChI is InChI=1S/C70H116O5/c1-3-5-7-9-11-13-15-17-19-21-23-25-26-27-28-29-30-31-32-33-34-35-36-37-38-39-40-41-42-43-44-45-47-49-51-53-55-57-59-61-63-65-70(73)75-68(66-71)67-74-69(72)64-62-60-58-56-54-52-50-48-46-24-22-20-18-16-14-12-10-8-6-4-2/h5,7,11,13,17,19,23,25,27-28,30-31,33-34,36-37,39-40,42-43,45,47,68,71H,3-4,6,8-10,12,14-16,18,20-22,24,26,29,32,35,38,41,44,46,48-67H2,1-2H3/b7-5-,13-11-,19-17-,25-23-,28-27-,31-30-,34-33-,37-36-,40-39-,43-42-,47-45-. The first kappa shape index (κ1) is 71.0. The molecule has 75 heavy (non-hydrogen) atoms. The van der Waals surface area contributed by atoms with Crippen LogP contribution in [0.25, 0.3) is 0 Å². The SMILES string of the molecule is CC/C=C\C/C=C\C/C=C\C/C=C\C/C=C\C/C=C\C/C=C\C/C=C\C/C=C\C/C=C\C/C=C\CCCCCCCCCC(=O)OC(CO)COC(=O)CCCCCCCCCCCCCCCCCCCCCC. The molecule has 0 saturated heterocycles. The molecule has 0 aromatic carbocycles. The molecule has 0 bridgehead atoms. The van der Waals surface area contributed by atoms with E-state index < -0.39 is 6.10 Å². The predicted octanol–water partition coefficient (Wildman–Crippen LogP) is 21.6. The summed E-state index contributed by atoms with van der Waals surface area (Å²) in [6, 6.07) is 0. The van der Waals surface area contributed by atoms with Gasteiger partial charge in [-0.25, -0.2) is 0 Å². The Bertz CT molecular complexity index is 1550. The Morgan fingerprint density at radius 3 is 0.867 bits per heavy atom. The first-order valence-corrected chi connectivity index (χ1v) is 31.2. The third kappa shape index (κ3) is 62.5. The fourth-order valence-corrected chi connectivity index (χ4v) is 8.56. The zero-order chi connectivity index (χ0) is 54.1. The number of unbranched alkanes of at least 4 members (excludes halogenated alkanes) is 26. The Labute approximate surface area is 464 Å². The zero-order valence-corrected chi connectivity index (χ0v) is 48.8. The Morgan fingerprint density at radius 2 is 0.573 bits per heavy atom. The Balaban J connectivity index is 3.60. The Kier molecular flexibility index (Phi) is 60.9.